The maximum atomic E-state index is 9.16. The average molecular weight is 643 g/mol. The Morgan fingerprint density at radius 1 is 0.419 bits per heavy atom. The SMILES string of the molecule is N#Cc1ccc(-c2ccc(-c3cc4cc5c(cc4s3)sc3cc4sc(-c6ccc(-c7ccc(C#N)s7)o6)cc4cc35)o2)s1. The van der Waals surface area contributed by atoms with Crippen molar-refractivity contribution < 1.29 is 8.83 Å². The van der Waals surface area contributed by atoms with Crippen molar-refractivity contribution in [3.8, 4) is 54.7 Å². The molecule has 43 heavy (non-hydrogen) atoms. The molecule has 0 unspecified atom stereocenters. The summed E-state index contributed by atoms with van der Waals surface area (Å²) in [7, 11) is 0. The van der Waals surface area contributed by atoms with E-state index in [1.807, 2.05) is 59.9 Å². The van der Waals surface area contributed by atoms with Gasteiger partial charge in [0.25, 0.3) is 0 Å². The van der Waals surface area contributed by atoms with E-state index in [-0.39, 0.29) is 0 Å². The molecule has 2 aromatic carbocycles. The van der Waals surface area contributed by atoms with E-state index in [1.54, 1.807) is 22.7 Å². The summed E-state index contributed by atoms with van der Waals surface area (Å²) < 4.78 is 17.4. The minimum Gasteiger partial charge on any atom is -0.454 e. The lowest BCUT2D eigenvalue weighted by Crippen LogP contribution is -1.68. The molecule has 4 nitrogen and oxygen atoms in total. The van der Waals surface area contributed by atoms with Crippen LogP contribution in [0.1, 0.15) is 9.75 Å². The Bertz CT molecular complexity index is 2440. The third-order valence-corrected chi connectivity index (χ3v) is 12.7. The van der Waals surface area contributed by atoms with Crippen molar-refractivity contribution in [3.63, 3.8) is 0 Å². The van der Waals surface area contributed by atoms with Crippen LogP contribution < -0.4 is 0 Å². The molecule has 7 heterocycles. The highest BCUT2D eigenvalue weighted by Crippen LogP contribution is 2.45. The quantitative estimate of drug-likeness (QED) is 0.191. The van der Waals surface area contributed by atoms with Gasteiger partial charge >= 0.3 is 0 Å². The zero-order valence-corrected chi connectivity index (χ0v) is 25.9. The van der Waals surface area contributed by atoms with Crippen molar-refractivity contribution in [1.82, 2.24) is 0 Å². The van der Waals surface area contributed by atoms with Crippen molar-refractivity contribution in [2.24, 2.45) is 0 Å². The van der Waals surface area contributed by atoms with Gasteiger partial charge < -0.3 is 8.83 Å². The molecule has 0 saturated carbocycles. The maximum Gasteiger partial charge on any atom is 0.144 e. The normalized spacial score (nSPS) is 11.7. The predicted octanol–water partition coefficient (Wildman–Crippen LogP) is 12.2. The number of fused-ring (bicyclic) bond motifs is 5. The summed E-state index contributed by atoms with van der Waals surface area (Å²) >= 11 is 8.20. The summed E-state index contributed by atoms with van der Waals surface area (Å²) in [4.78, 5) is 5.46. The second-order valence-corrected chi connectivity index (χ2v) is 15.4. The fraction of sp³-hybridized carbons (Fsp3) is 0. The average Bonchev–Trinajstić information content (AvgIpc) is 3.87. The molecule has 9 aromatic rings. The van der Waals surface area contributed by atoms with Crippen molar-refractivity contribution in [2.45, 2.75) is 0 Å². The molecule has 0 radical (unpaired) electrons. The van der Waals surface area contributed by atoms with Gasteiger partial charge in [-0.2, -0.15) is 10.5 Å². The van der Waals surface area contributed by atoms with Gasteiger partial charge in [0.05, 0.1) is 19.5 Å². The number of nitriles is 2. The third kappa shape index (κ3) is 4.09. The Morgan fingerprint density at radius 3 is 1.28 bits per heavy atom. The Morgan fingerprint density at radius 2 is 0.860 bits per heavy atom. The molecule has 0 aliphatic rings. The van der Waals surface area contributed by atoms with E-state index in [0.29, 0.717) is 9.75 Å². The van der Waals surface area contributed by atoms with E-state index in [4.69, 9.17) is 19.4 Å². The highest BCUT2D eigenvalue weighted by atomic mass is 32.1. The monoisotopic (exact) mass is 642 g/mol. The van der Waals surface area contributed by atoms with Crippen LogP contribution in [-0.4, -0.2) is 0 Å². The molecule has 9 rings (SSSR count). The lowest BCUT2D eigenvalue weighted by molar-refractivity contribution is 0.600. The predicted molar refractivity (Wildman–Crippen MR) is 182 cm³/mol. The number of furan rings is 2. The smallest absolute Gasteiger partial charge is 0.144 e. The molecule has 0 N–H and O–H groups in total. The van der Waals surface area contributed by atoms with Crippen LogP contribution in [0, 0.1) is 22.7 Å². The van der Waals surface area contributed by atoms with Gasteiger partial charge in [0, 0.05) is 29.6 Å². The molecule has 0 aliphatic carbocycles. The Labute approximate surface area is 264 Å². The van der Waals surface area contributed by atoms with Crippen LogP contribution in [0.15, 0.2) is 93.8 Å². The Hall–Kier alpha value is -4.48. The van der Waals surface area contributed by atoms with E-state index in [1.165, 1.54) is 63.0 Å². The van der Waals surface area contributed by atoms with Crippen LogP contribution in [0.2, 0.25) is 0 Å². The summed E-state index contributed by atoms with van der Waals surface area (Å²) in [6.45, 7) is 0. The molecule has 0 saturated heterocycles. The zero-order chi connectivity index (χ0) is 28.7. The summed E-state index contributed by atoms with van der Waals surface area (Å²) in [5, 5.41) is 23.3. The highest BCUT2D eigenvalue weighted by molar-refractivity contribution is 7.27. The first-order valence-electron chi connectivity index (χ1n) is 13.2. The van der Waals surface area contributed by atoms with Gasteiger partial charge in [0.2, 0.25) is 0 Å². The number of nitrogens with zero attached hydrogens (tertiary/aromatic N) is 2. The van der Waals surface area contributed by atoms with Crippen molar-refractivity contribution in [1.29, 1.82) is 10.5 Å². The van der Waals surface area contributed by atoms with Crippen LogP contribution in [0.25, 0.3) is 82.9 Å². The molecule has 0 fully saturated rings. The third-order valence-electron chi connectivity index (χ3n) is 7.36. The lowest BCUT2D eigenvalue weighted by Gasteiger charge is -1.94. The molecule has 9 heteroatoms. The van der Waals surface area contributed by atoms with Gasteiger partial charge in [-0.15, -0.1) is 56.7 Å². The fourth-order valence-corrected chi connectivity index (χ4v) is 10.3. The number of hydrogen-bond acceptors (Lipinski definition) is 9. The van der Waals surface area contributed by atoms with E-state index in [0.717, 1.165) is 42.5 Å². The van der Waals surface area contributed by atoms with Crippen LogP contribution in [0.3, 0.4) is 0 Å². The van der Waals surface area contributed by atoms with Gasteiger partial charge in [-0.3, -0.25) is 0 Å². The fourth-order valence-electron chi connectivity index (χ4n) is 5.35. The Balaban J connectivity index is 1.08. The minimum atomic E-state index is 0.679. The summed E-state index contributed by atoms with van der Waals surface area (Å²) in [6, 6.07) is 33.6. The number of benzene rings is 2. The van der Waals surface area contributed by atoms with Crippen molar-refractivity contribution in [3.05, 3.63) is 94.7 Å². The second-order valence-electron chi connectivity index (χ2n) is 9.97. The standard InChI is InChI=1S/C34H14N2O2S5/c35-15-19-1-7-27(39-19)23-3-5-25(37-23)33-11-17-9-21-22-10-18-12-34(26-6-4-24(38-26)28-8-2-20(16-36)40-28)42-30(18)14-32(22)43-31(21)13-29(17)41-33/h1-14H. The zero-order valence-electron chi connectivity index (χ0n) is 21.8. The lowest BCUT2D eigenvalue weighted by atomic mass is 10.1. The first-order valence-corrected chi connectivity index (χ1v) is 17.2. The van der Waals surface area contributed by atoms with E-state index < -0.39 is 0 Å². The number of thiophene rings is 5. The van der Waals surface area contributed by atoms with Gasteiger partial charge in [0.15, 0.2) is 0 Å². The molecular formula is C34H14N2O2S5. The molecule has 0 spiro atoms. The number of hydrogen-bond donors (Lipinski definition) is 0. The summed E-state index contributed by atoms with van der Waals surface area (Å²) in [5.41, 5.74) is 0. The first kappa shape index (κ1) is 25.1. The van der Waals surface area contributed by atoms with Crippen LogP contribution in [-0.2, 0) is 0 Å². The molecule has 0 amide bonds. The molecular weight excluding hydrogens is 629 g/mol. The van der Waals surface area contributed by atoms with Crippen LogP contribution in [0.4, 0.5) is 0 Å². The summed E-state index contributed by atoms with van der Waals surface area (Å²) in [6.07, 6.45) is 0. The van der Waals surface area contributed by atoms with Crippen LogP contribution >= 0.6 is 56.7 Å². The topological polar surface area (TPSA) is 73.9 Å². The van der Waals surface area contributed by atoms with E-state index >= 15 is 0 Å². The van der Waals surface area contributed by atoms with Gasteiger partial charge in [-0.25, -0.2) is 0 Å². The van der Waals surface area contributed by atoms with Crippen molar-refractivity contribution in [2.75, 3.05) is 0 Å². The molecule has 0 bridgehead atoms. The van der Waals surface area contributed by atoms with Gasteiger partial charge in [-0.05, 0) is 95.7 Å². The molecule has 0 atom stereocenters. The minimum absolute atomic E-state index is 0.679. The van der Waals surface area contributed by atoms with Gasteiger partial charge in [-0.1, -0.05) is 0 Å². The number of rotatable bonds is 4. The summed E-state index contributed by atoms with van der Waals surface area (Å²) in [5.74, 6) is 3.26. The Kier molecular flexibility index (Phi) is 5.54. The van der Waals surface area contributed by atoms with E-state index in [2.05, 4.69) is 48.5 Å². The highest BCUT2D eigenvalue weighted by Gasteiger charge is 2.16. The van der Waals surface area contributed by atoms with E-state index in [9.17, 15) is 0 Å². The van der Waals surface area contributed by atoms with Gasteiger partial charge in [0.1, 0.15) is 44.9 Å². The van der Waals surface area contributed by atoms with Crippen LogP contribution in [0.5, 0.6) is 0 Å². The second kappa shape index (κ2) is 9.51. The first-order chi connectivity index (χ1) is 21.1. The molecule has 7 aromatic heterocycles. The van der Waals surface area contributed by atoms with Crippen molar-refractivity contribution >= 4 is 97.0 Å². The maximum absolute atomic E-state index is 9.16. The molecule has 202 valence electrons. The largest absolute Gasteiger partial charge is 0.454 e. The molecule has 0 aliphatic heterocycles.